The topological polar surface area (TPSA) is 130 Å². The highest BCUT2D eigenvalue weighted by molar-refractivity contribution is 7.90. The van der Waals surface area contributed by atoms with E-state index in [1.54, 1.807) is 4.72 Å². The zero-order valence-electron chi connectivity index (χ0n) is 8.86. The van der Waals surface area contributed by atoms with Gasteiger partial charge in [0, 0.05) is 12.1 Å². The number of hydrogen-bond donors (Lipinski definition) is 1. The fraction of sp³-hybridized carbons (Fsp3) is 0.111. The maximum absolute atomic E-state index is 11.6. The first-order chi connectivity index (χ1) is 8.36. The number of non-ortho nitro benzene ring substituents is 1. The largest absolute Gasteiger partial charge is 0.273 e. The molecular formula is C9H7N3O5S. The zero-order chi connectivity index (χ0) is 13.8. The molecular weight excluding hydrogens is 262 g/mol. The van der Waals surface area contributed by atoms with Gasteiger partial charge in [-0.25, -0.2) is 13.1 Å². The molecule has 1 aromatic rings. The van der Waals surface area contributed by atoms with Crippen molar-refractivity contribution in [2.24, 2.45) is 0 Å². The molecule has 9 heteroatoms. The van der Waals surface area contributed by atoms with Crippen molar-refractivity contribution in [1.29, 1.82) is 5.26 Å². The Hall–Kier alpha value is -2.47. The molecule has 0 unspecified atom stereocenters. The third-order valence-electron chi connectivity index (χ3n) is 1.85. The summed E-state index contributed by atoms with van der Waals surface area (Å²) in [4.78, 5) is 20.4. The standard InChI is InChI=1S/C9H7N3O5S/c10-6-5-9(13)11-18(16,17)8-3-1-7(2-4-8)12(14)15/h1-4H,5H2,(H,11,13). The Morgan fingerprint density at radius 3 is 2.39 bits per heavy atom. The van der Waals surface area contributed by atoms with Crippen LogP contribution in [0.2, 0.25) is 0 Å². The zero-order valence-corrected chi connectivity index (χ0v) is 9.68. The second-order valence-electron chi connectivity index (χ2n) is 3.11. The van der Waals surface area contributed by atoms with Crippen LogP contribution in [-0.4, -0.2) is 19.2 Å². The van der Waals surface area contributed by atoms with E-state index in [9.17, 15) is 23.3 Å². The van der Waals surface area contributed by atoms with Gasteiger partial charge in [-0.2, -0.15) is 5.26 Å². The Kier molecular flexibility index (Phi) is 3.96. The Morgan fingerprint density at radius 1 is 1.39 bits per heavy atom. The van der Waals surface area contributed by atoms with E-state index in [1.807, 2.05) is 0 Å². The van der Waals surface area contributed by atoms with E-state index in [0.717, 1.165) is 24.3 Å². The summed E-state index contributed by atoms with van der Waals surface area (Å²) in [5, 5.41) is 18.6. The summed E-state index contributed by atoms with van der Waals surface area (Å²) < 4.78 is 24.8. The number of hydrogen-bond acceptors (Lipinski definition) is 6. The molecule has 0 atom stereocenters. The lowest BCUT2D eigenvalue weighted by Gasteiger charge is -2.04. The molecule has 0 radical (unpaired) electrons. The fourth-order valence-electron chi connectivity index (χ4n) is 1.06. The smallest absolute Gasteiger partial charge is 0.269 e. The average Bonchev–Trinajstić information content (AvgIpc) is 2.28. The maximum atomic E-state index is 11.6. The van der Waals surface area contributed by atoms with Crippen LogP contribution in [0, 0.1) is 21.4 Å². The molecule has 1 N–H and O–H groups in total. The molecule has 0 saturated heterocycles. The van der Waals surface area contributed by atoms with Gasteiger partial charge in [-0.05, 0) is 12.1 Å². The molecule has 0 aliphatic carbocycles. The normalized spacial score (nSPS) is 10.4. The molecule has 0 saturated carbocycles. The molecule has 0 aliphatic rings. The van der Waals surface area contributed by atoms with Gasteiger partial charge < -0.3 is 0 Å². The molecule has 8 nitrogen and oxygen atoms in total. The molecule has 0 aromatic heterocycles. The number of nitrogens with one attached hydrogen (secondary N) is 1. The third-order valence-corrected chi connectivity index (χ3v) is 3.23. The van der Waals surface area contributed by atoms with Gasteiger partial charge in [-0.1, -0.05) is 0 Å². The van der Waals surface area contributed by atoms with E-state index in [1.165, 1.54) is 6.07 Å². The minimum Gasteiger partial charge on any atom is -0.273 e. The van der Waals surface area contributed by atoms with Crippen LogP contribution in [0.4, 0.5) is 5.69 Å². The van der Waals surface area contributed by atoms with Crippen LogP contribution in [0.1, 0.15) is 6.42 Å². The summed E-state index contributed by atoms with van der Waals surface area (Å²) >= 11 is 0. The van der Waals surface area contributed by atoms with Crippen LogP contribution < -0.4 is 4.72 Å². The van der Waals surface area contributed by atoms with E-state index in [0.29, 0.717) is 0 Å². The van der Waals surface area contributed by atoms with E-state index < -0.39 is 27.3 Å². The highest BCUT2D eigenvalue weighted by atomic mass is 32.2. The predicted molar refractivity (Wildman–Crippen MR) is 58.7 cm³/mol. The number of carbonyl (C=O) groups is 1. The third kappa shape index (κ3) is 3.26. The Bertz CT molecular complexity index is 615. The fourth-order valence-corrected chi connectivity index (χ4v) is 2.05. The lowest BCUT2D eigenvalue weighted by molar-refractivity contribution is -0.384. The lowest BCUT2D eigenvalue weighted by Crippen LogP contribution is -2.30. The van der Waals surface area contributed by atoms with Crippen molar-refractivity contribution in [2.75, 3.05) is 0 Å². The molecule has 94 valence electrons. The van der Waals surface area contributed by atoms with Crippen LogP contribution in [0.3, 0.4) is 0 Å². The number of benzene rings is 1. The van der Waals surface area contributed by atoms with Crippen molar-refractivity contribution in [3.63, 3.8) is 0 Å². The quantitative estimate of drug-likeness (QED) is 0.618. The molecule has 0 bridgehead atoms. The Labute approximate surface area is 102 Å². The summed E-state index contributed by atoms with van der Waals surface area (Å²) in [6.45, 7) is 0. The minimum atomic E-state index is -4.10. The number of nitrogens with zero attached hydrogens (tertiary/aromatic N) is 2. The van der Waals surface area contributed by atoms with E-state index >= 15 is 0 Å². The van der Waals surface area contributed by atoms with Gasteiger partial charge in [0.15, 0.2) is 0 Å². The monoisotopic (exact) mass is 269 g/mol. The van der Waals surface area contributed by atoms with Gasteiger partial charge in [0.2, 0.25) is 5.91 Å². The van der Waals surface area contributed by atoms with Crippen molar-refractivity contribution in [1.82, 2.24) is 4.72 Å². The first-order valence-corrected chi connectivity index (χ1v) is 6.02. The van der Waals surface area contributed by atoms with Gasteiger partial charge in [-0.15, -0.1) is 0 Å². The lowest BCUT2D eigenvalue weighted by atomic mass is 10.3. The highest BCUT2D eigenvalue weighted by Gasteiger charge is 2.18. The summed E-state index contributed by atoms with van der Waals surface area (Å²) in [5.74, 6) is -0.962. The average molecular weight is 269 g/mol. The molecule has 0 aliphatic heterocycles. The van der Waals surface area contributed by atoms with Crippen LogP contribution in [0.5, 0.6) is 0 Å². The number of nitriles is 1. The number of amides is 1. The van der Waals surface area contributed by atoms with Crippen LogP contribution in [0.15, 0.2) is 29.2 Å². The van der Waals surface area contributed by atoms with Gasteiger partial charge in [0.1, 0.15) is 6.42 Å². The molecule has 1 rings (SSSR count). The molecule has 1 aromatic carbocycles. The van der Waals surface area contributed by atoms with Crippen molar-refractivity contribution >= 4 is 21.6 Å². The summed E-state index contributed by atoms with van der Waals surface area (Å²) in [6.07, 6.45) is -0.591. The number of rotatable bonds is 4. The van der Waals surface area contributed by atoms with Crippen molar-refractivity contribution in [3.8, 4) is 6.07 Å². The molecule has 0 heterocycles. The summed E-state index contributed by atoms with van der Waals surface area (Å²) in [6, 6.07) is 5.51. The van der Waals surface area contributed by atoms with E-state index in [4.69, 9.17) is 5.26 Å². The van der Waals surface area contributed by atoms with Gasteiger partial charge >= 0.3 is 0 Å². The van der Waals surface area contributed by atoms with Gasteiger partial charge in [0.25, 0.3) is 15.7 Å². The van der Waals surface area contributed by atoms with Crippen molar-refractivity contribution in [3.05, 3.63) is 34.4 Å². The first-order valence-electron chi connectivity index (χ1n) is 4.54. The molecule has 18 heavy (non-hydrogen) atoms. The van der Waals surface area contributed by atoms with E-state index in [2.05, 4.69) is 0 Å². The SMILES string of the molecule is N#CCC(=O)NS(=O)(=O)c1ccc([N+](=O)[O-])cc1. The second kappa shape index (κ2) is 5.24. The van der Waals surface area contributed by atoms with Gasteiger partial charge in [0.05, 0.1) is 15.9 Å². The van der Waals surface area contributed by atoms with Crippen LogP contribution >= 0.6 is 0 Å². The summed E-state index contributed by atoms with van der Waals surface area (Å²) in [5.41, 5.74) is -0.266. The second-order valence-corrected chi connectivity index (χ2v) is 4.80. The predicted octanol–water partition coefficient (Wildman–Crippen LogP) is 0.313. The molecule has 1 amide bonds. The number of carbonyl (C=O) groups excluding carboxylic acids is 1. The Balaban J connectivity index is 2.96. The Morgan fingerprint density at radius 2 is 1.94 bits per heavy atom. The van der Waals surface area contributed by atoms with Crippen molar-refractivity contribution < 1.29 is 18.1 Å². The minimum absolute atomic E-state index is 0.266. The highest BCUT2D eigenvalue weighted by Crippen LogP contribution is 2.15. The van der Waals surface area contributed by atoms with E-state index in [-0.39, 0.29) is 10.6 Å². The van der Waals surface area contributed by atoms with Crippen LogP contribution in [0.25, 0.3) is 0 Å². The number of sulfonamides is 1. The van der Waals surface area contributed by atoms with Gasteiger partial charge in [-0.3, -0.25) is 14.9 Å². The van der Waals surface area contributed by atoms with Crippen molar-refractivity contribution in [2.45, 2.75) is 11.3 Å². The maximum Gasteiger partial charge on any atom is 0.269 e. The number of nitro groups is 1. The summed E-state index contributed by atoms with van der Waals surface area (Å²) in [7, 11) is -4.10. The molecule has 0 fully saturated rings. The molecule has 0 spiro atoms. The number of nitro benzene ring substituents is 1. The van der Waals surface area contributed by atoms with Crippen LogP contribution in [-0.2, 0) is 14.8 Å². The first kappa shape index (κ1) is 13.6.